The van der Waals surface area contributed by atoms with Gasteiger partial charge in [0, 0.05) is 16.7 Å². The van der Waals surface area contributed by atoms with Crippen LogP contribution in [0.5, 0.6) is 0 Å². The Morgan fingerprint density at radius 2 is 1.43 bits per heavy atom. The van der Waals surface area contributed by atoms with Gasteiger partial charge in [-0.05, 0) is 0 Å². The minimum Gasteiger partial charge on any atom is -0.211 e. The van der Waals surface area contributed by atoms with E-state index in [0.717, 1.165) is 16.3 Å². The van der Waals surface area contributed by atoms with Gasteiger partial charge in [-0.15, -0.1) is 0 Å². The zero-order valence-electron chi connectivity index (χ0n) is 7.69. The summed E-state index contributed by atoms with van der Waals surface area (Å²) in [4.78, 5) is 39.9. The highest BCUT2D eigenvalue weighted by molar-refractivity contribution is 6.08. The molecule has 0 aliphatic carbocycles. The van der Waals surface area contributed by atoms with E-state index in [1.165, 1.54) is 18.2 Å². The summed E-state index contributed by atoms with van der Waals surface area (Å²) in [6.07, 6.45) is 4.58. The topological polar surface area (TPSA) is 88.3 Å². The molecule has 0 aromatic rings. The van der Waals surface area contributed by atoms with E-state index < -0.39 is 5.79 Å². The van der Waals surface area contributed by atoms with Gasteiger partial charge in [-0.3, -0.25) is 0 Å². The van der Waals surface area contributed by atoms with Crippen LogP contribution in [0.25, 0.3) is 0 Å². The fourth-order valence-corrected chi connectivity index (χ4v) is 1.23. The van der Waals surface area contributed by atoms with Crippen LogP contribution in [0, 0.1) is 0 Å². The van der Waals surface area contributed by atoms with Crippen molar-refractivity contribution in [2.45, 2.75) is 24.7 Å². The largest absolute Gasteiger partial charge is 0.277 e. The van der Waals surface area contributed by atoms with Crippen molar-refractivity contribution in [3.63, 3.8) is 0 Å². The second-order valence-corrected chi connectivity index (χ2v) is 3.49. The minimum atomic E-state index is -1.67. The van der Waals surface area contributed by atoms with Crippen LogP contribution in [0.1, 0.15) is 12.8 Å². The molecule has 0 N–H and O–H groups in total. The van der Waals surface area contributed by atoms with Crippen molar-refractivity contribution in [1.82, 2.24) is 0 Å². The molecule has 0 amide bonds. The van der Waals surface area contributed by atoms with Gasteiger partial charge in [-0.1, -0.05) is 12.5 Å². The molecule has 0 aliphatic heterocycles. The molecule has 0 rings (SSSR count). The van der Waals surface area contributed by atoms with E-state index in [-0.39, 0.29) is 6.42 Å². The molecule has 14 heavy (non-hydrogen) atoms. The van der Waals surface area contributed by atoms with Gasteiger partial charge < -0.3 is 0 Å². The van der Waals surface area contributed by atoms with Crippen molar-refractivity contribution in [2.24, 2.45) is 15.0 Å². The Labute approximate surface area is 83.3 Å². The molecule has 0 unspecified atom stereocenters. The number of nitrogens with zero attached hydrogens (tertiary/aromatic N) is 3. The molecule has 0 saturated heterocycles. The van der Waals surface area contributed by atoms with Gasteiger partial charge in [0.05, 0.1) is 0 Å². The second-order valence-electron chi connectivity index (χ2n) is 2.49. The van der Waals surface area contributed by atoms with Crippen LogP contribution in [0.2, 0.25) is 6.04 Å². The van der Waals surface area contributed by atoms with Crippen molar-refractivity contribution in [3.05, 3.63) is 0 Å². The highest BCUT2D eigenvalue weighted by atomic mass is 28.1. The normalized spacial score (nSPS) is 12.9. The molecule has 7 heteroatoms. The van der Waals surface area contributed by atoms with E-state index >= 15 is 0 Å². The number of isocyanates is 3. The smallest absolute Gasteiger partial charge is 0.211 e. The molecule has 74 valence electrons. The lowest BCUT2D eigenvalue weighted by Gasteiger charge is -2.13. The Bertz CT molecular complexity index is 280. The molecule has 0 aromatic heterocycles. The molecule has 0 aliphatic rings. The van der Waals surface area contributed by atoms with Crippen molar-refractivity contribution in [2.75, 3.05) is 0 Å². The Morgan fingerprint density at radius 3 is 1.71 bits per heavy atom. The van der Waals surface area contributed by atoms with Crippen LogP contribution in [-0.2, 0) is 14.4 Å². The summed E-state index contributed by atoms with van der Waals surface area (Å²) >= 11 is 0. The predicted octanol–water partition coefficient (Wildman–Crippen LogP) is -0.788. The molecule has 0 heterocycles. The molecule has 0 aromatic carbocycles. The Kier molecular flexibility index (Phi) is 6.03. The third-order valence-corrected chi connectivity index (χ3v) is 2.25. The van der Waals surface area contributed by atoms with Gasteiger partial charge in [-0.25, -0.2) is 14.4 Å². The van der Waals surface area contributed by atoms with Crippen molar-refractivity contribution in [3.8, 4) is 0 Å². The summed E-state index contributed by atoms with van der Waals surface area (Å²) in [5, 5.41) is 0. The van der Waals surface area contributed by atoms with Crippen molar-refractivity contribution in [1.29, 1.82) is 0 Å². The zero-order chi connectivity index (χ0) is 10.9. The van der Waals surface area contributed by atoms with E-state index in [4.69, 9.17) is 0 Å². The standard InChI is InChI=1S/C7H9N3O3Si/c11-4-8-7(9-5-12,10-6-13)2-1-3-14/h1-3H2,14H3. The average Bonchev–Trinajstić information content (AvgIpc) is 2.16. The molecule has 0 saturated carbocycles. The molecule has 0 fully saturated rings. The van der Waals surface area contributed by atoms with Crippen LogP contribution >= 0.6 is 0 Å². The molecular formula is C7H9N3O3Si. The molecule has 0 atom stereocenters. The van der Waals surface area contributed by atoms with Crippen LogP contribution in [0.15, 0.2) is 15.0 Å². The fourth-order valence-electron chi connectivity index (χ4n) is 0.876. The fraction of sp³-hybridized carbons (Fsp3) is 0.571. The van der Waals surface area contributed by atoms with Gasteiger partial charge in [0.15, 0.2) is 0 Å². The van der Waals surface area contributed by atoms with E-state index in [2.05, 4.69) is 15.0 Å². The Balaban J connectivity index is 5.01. The van der Waals surface area contributed by atoms with Crippen molar-refractivity contribution >= 4 is 28.5 Å². The van der Waals surface area contributed by atoms with Gasteiger partial charge in [0.25, 0.3) is 5.79 Å². The van der Waals surface area contributed by atoms with Crippen LogP contribution in [0.3, 0.4) is 0 Å². The number of rotatable bonds is 6. The molecule has 6 nitrogen and oxygen atoms in total. The van der Waals surface area contributed by atoms with Crippen LogP contribution in [-0.4, -0.2) is 34.3 Å². The van der Waals surface area contributed by atoms with Gasteiger partial charge >= 0.3 is 0 Å². The number of carbonyl (C=O) groups excluding carboxylic acids is 3. The molecule has 0 spiro atoms. The second kappa shape index (κ2) is 6.83. The third-order valence-electron chi connectivity index (χ3n) is 1.54. The third kappa shape index (κ3) is 3.84. The van der Waals surface area contributed by atoms with E-state index in [0.29, 0.717) is 6.42 Å². The zero-order valence-corrected chi connectivity index (χ0v) is 9.69. The first-order valence-corrected chi connectivity index (χ1v) is 5.43. The minimum absolute atomic E-state index is 0.218. The first-order valence-electron chi connectivity index (χ1n) is 4.01. The average molecular weight is 211 g/mol. The first-order chi connectivity index (χ1) is 6.74. The lowest BCUT2D eigenvalue weighted by atomic mass is 10.2. The highest BCUT2D eigenvalue weighted by Gasteiger charge is 2.27. The van der Waals surface area contributed by atoms with Gasteiger partial charge in [0.2, 0.25) is 18.2 Å². The van der Waals surface area contributed by atoms with Crippen LogP contribution < -0.4 is 0 Å². The SMILES string of the molecule is O=C=NC(CCC[SiH3])(N=C=O)N=C=O. The lowest BCUT2D eigenvalue weighted by Crippen LogP contribution is -2.20. The van der Waals surface area contributed by atoms with Crippen molar-refractivity contribution < 1.29 is 14.4 Å². The van der Waals surface area contributed by atoms with E-state index in [1.807, 2.05) is 0 Å². The highest BCUT2D eigenvalue weighted by Crippen LogP contribution is 2.21. The first kappa shape index (κ1) is 12.4. The summed E-state index contributed by atoms with van der Waals surface area (Å²) in [5.74, 6) is -1.67. The maximum Gasteiger partial charge on any atom is 0.277 e. The molecule has 0 radical (unpaired) electrons. The predicted molar refractivity (Wildman–Crippen MR) is 51.1 cm³/mol. The summed E-state index contributed by atoms with van der Waals surface area (Å²) in [6.45, 7) is 0. The van der Waals surface area contributed by atoms with Crippen LogP contribution in [0.4, 0.5) is 0 Å². The van der Waals surface area contributed by atoms with E-state index in [9.17, 15) is 14.4 Å². The van der Waals surface area contributed by atoms with Gasteiger partial charge in [-0.2, -0.15) is 15.0 Å². The maximum atomic E-state index is 10.1. The summed E-state index contributed by atoms with van der Waals surface area (Å²) in [5.41, 5.74) is 0. The summed E-state index contributed by atoms with van der Waals surface area (Å²) in [7, 11) is 0.974. The number of hydrogen-bond donors (Lipinski definition) is 0. The maximum absolute atomic E-state index is 10.1. The lowest BCUT2D eigenvalue weighted by molar-refractivity contribution is 0.416. The number of aliphatic imine (C=N–C) groups is 3. The molecule has 0 bridgehead atoms. The Hall–Kier alpha value is -1.64. The van der Waals surface area contributed by atoms with Gasteiger partial charge in [0.1, 0.15) is 0 Å². The monoisotopic (exact) mass is 211 g/mol. The quantitative estimate of drug-likeness (QED) is 0.327. The molecular weight excluding hydrogens is 202 g/mol. The Morgan fingerprint density at radius 1 is 1.00 bits per heavy atom. The van der Waals surface area contributed by atoms with E-state index in [1.54, 1.807) is 0 Å². The number of hydrogen-bond acceptors (Lipinski definition) is 6. The summed E-state index contributed by atoms with van der Waals surface area (Å²) in [6, 6.07) is 0.929. The summed E-state index contributed by atoms with van der Waals surface area (Å²) < 4.78 is 0.